The lowest BCUT2D eigenvalue weighted by atomic mass is 10.0. The van der Waals surface area contributed by atoms with Gasteiger partial charge < -0.3 is 14.5 Å². The molecule has 3 atom stereocenters. The number of thioether (sulfide) groups is 1. The molecule has 3 heterocycles. The fourth-order valence-electron chi connectivity index (χ4n) is 5.40. The molecule has 2 aliphatic rings. The smallest absolute Gasteiger partial charge is 0.350 e. The van der Waals surface area contributed by atoms with Gasteiger partial charge in [-0.05, 0) is 32.1 Å². The number of aromatic nitrogens is 2. The largest absolute Gasteiger partial charge is 0.383 e. The quantitative estimate of drug-likeness (QED) is 0.285. The number of methoxy groups -OCH3 is 1. The number of carbonyl (C=O) groups excluding carboxylic acids is 1. The lowest BCUT2D eigenvalue weighted by molar-refractivity contribution is -0.128. The number of ether oxygens (including phenoxy) is 1. The summed E-state index contributed by atoms with van der Waals surface area (Å²) in [5.74, 6) is -0.969. The fourth-order valence-corrected chi connectivity index (χ4v) is 7.24. The molecule has 1 aromatic heterocycles. The van der Waals surface area contributed by atoms with Crippen molar-refractivity contribution in [3.63, 3.8) is 0 Å². The SMILES string of the molecule is C=CC(=O)N1C[C@H](C)N(c2nc(=O)n3c4c(c(-c5cc(Cl)c(F)cc5F)c(Cl)cc24)SC[C@@H]3COC)C[C@H]1C. The number of anilines is 1. The maximum Gasteiger partial charge on any atom is 0.350 e. The molecule has 0 radical (unpaired) electrons. The van der Waals surface area contributed by atoms with Crippen LogP contribution in [0.3, 0.4) is 0 Å². The van der Waals surface area contributed by atoms with Gasteiger partial charge in [0.25, 0.3) is 0 Å². The molecule has 2 aromatic carbocycles. The lowest BCUT2D eigenvalue weighted by Crippen LogP contribution is -2.58. The van der Waals surface area contributed by atoms with Crippen LogP contribution in [0.1, 0.15) is 19.9 Å². The number of piperazine rings is 1. The first-order valence-corrected chi connectivity index (χ1v) is 14.1. The molecular weight excluding hydrogens is 569 g/mol. The molecule has 0 spiro atoms. The van der Waals surface area contributed by atoms with Crippen molar-refractivity contribution in [3.05, 3.63) is 63.0 Å². The molecule has 0 aliphatic carbocycles. The Morgan fingerprint density at radius 3 is 2.62 bits per heavy atom. The van der Waals surface area contributed by atoms with Gasteiger partial charge in [0.15, 0.2) is 0 Å². The van der Waals surface area contributed by atoms with Gasteiger partial charge in [-0.15, -0.1) is 11.8 Å². The minimum absolute atomic E-state index is 0.0388. The van der Waals surface area contributed by atoms with E-state index < -0.39 is 17.3 Å². The third-order valence-corrected chi connectivity index (χ3v) is 9.06. The van der Waals surface area contributed by atoms with E-state index in [4.69, 9.17) is 27.9 Å². The highest BCUT2D eigenvalue weighted by molar-refractivity contribution is 7.99. The van der Waals surface area contributed by atoms with Crippen molar-refractivity contribution >= 4 is 57.6 Å². The summed E-state index contributed by atoms with van der Waals surface area (Å²) < 4.78 is 36.0. The number of hydrogen-bond donors (Lipinski definition) is 0. The van der Waals surface area contributed by atoms with Crippen molar-refractivity contribution in [2.75, 3.05) is 37.5 Å². The van der Waals surface area contributed by atoms with Crippen LogP contribution in [0.15, 0.2) is 40.5 Å². The second-order valence-corrected chi connectivity index (χ2v) is 11.6. The normalized spacial score (nSPS) is 20.9. The first-order chi connectivity index (χ1) is 18.6. The zero-order chi connectivity index (χ0) is 28.2. The standard InChI is InChI=1S/C27H26Cl2F2N4O3S/c1-5-22(36)33-9-14(3)34(10-13(33)2)26-17-7-19(29)23(16-6-18(28)21(31)8-20(16)30)25-24(17)35(27(37)32-26)15(11-38-4)12-39-25/h5-8,13-15H,1,9-12H2,2-4H3/t13-,14+,15+/m1/s1. The summed E-state index contributed by atoms with van der Waals surface area (Å²) in [7, 11) is 1.56. The first-order valence-electron chi connectivity index (χ1n) is 12.3. The molecule has 1 amide bonds. The predicted molar refractivity (Wildman–Crippen MR) is 151 cm³/mol. The molecule has 3 aromatic rings. The van der Waals surface area contributed by atoms with Gasteiger partial charge in [0.2, 0.25) is 5.91 Å². The van der Waals surface area contributed by atoms with Crippen LogP contribution in [-0.2, 0) is 9.53 Å². The molecule has 206 valence electrons. The molecule has 0 bridgehead atoms. The highest BCUT2D eigenvalue weighted by Crippen LogP contribution is 2.48. The van der Waals surface area contributed by atoms with Gasteiger partial charge in [-0.25, -0.2) is 13.6 Å². The third-order valence-electron chi connectivity index (χ3n) is 7.24. The molecule has 0 unspecified atom stereocenters. The van der Waals surface area contributed by atoms with Gasteiger partial charge in [-0.1, -0.05) is 29.8 Å². The molecule has 1 saturated heterocycles. The maximum absolute atomic E-state index is 15.1. The highest BCUT2D eigenvalue weighted by Gasteiger charge is 2.36. The van der Waals surface area contributed by atoms with Gasteiger partial charge in [0.05, 0.1) is 28.2 Å². The minimum atomic E-state index is -0.878. The Bertz CT molecular complexity index is 1570. The van der Waals surface area contributed by atoms with Crippen LogP contribution in [0.4, 0.5) is 14.6 Å². The van der Waals surface area contributed by atoms with Gasteiger partial charge in [0, 0.05) is 65.5 Å². The van der Waals surface area contributed by atoms with Crippen LogP contribution in [0, 0.1) is 11.6 Å². The van der Waals surface area contributed by atoms with Gasteiger partial charge in [0.1, 0.15) is 17.5 Å². The number of hydrogen-bond acceptors (Lipinski definition) is 6. The summed E-state index contributed by atoms with van der Waals surface area (Å²) in [6.45, 7) is 8.59. The van der Waals surface area contributed by atoms with Crippen molar-refractivity contribution in [3.8, 4) is 11.1 Å². The van der Waals surface area contributed by atoms with Gasteiger partial charge >= 0.3 is 5.69 Å². The second kappa shape index (κ2) is 10.7. The van der Waals surface area contributed by atoms with Crippen LogP contribution in [0.25, 0.3) is 22.0 Å². The number of nitrogens with zero attached hydrogens (tertiary/aromatic N) is 4. The van der Waals surface area contributed by atoms with Crippen LogP contribution < -0.4 is 10.6 Å². The first kappa shape index (κ1) is 27.9. The molecule has 0 N–H and O–H groups in total. The summed E-state index contributed by atoms with van der Waals surface area (Å²) in [5.41, 5.74) is 0.442. The molecule has 39 heavy (non-hydrogen) atoms. The Morgan fingerprint density at radius 2 is 1.92 bits per heavy atom. The Balaban J connectivity index is 1.77. The zero-order valence-electron chi connectivity index (χ0n) is 21.5. The van der Waals surface area contributed by atoms with E-state index >= 15 is 4.39 Å². The van der Waals surface area contributed by atoms with E-state index in [1.54, 1.807) is 22.6 Å². The number of rotatable bonds is 5. The van der Waals surface area contributed by atoms with Crippen LogP contribution >= 0.6 is 35.0 Å². The van der Waals surface area contributed by atoms with Crippen molar-refractivity contribution < 1.29 is 18.3 Å². The van der Waals surface area contributed by atoms with E-state index in [0.29, 0.717) is 46.0 Å². The second-order valence-electron chi connectivity index (χ2n) is 9.76. The predicted octanol–water partition coefficient (Wildman–Crippen LogP) is 5.55. The van der Waals surface area contributed by atoms with Crippen LogP contribution in [0.5, 0.6) is 0 Å². The molecule has 12 heteroatoms. The Labute approximate surface area is 238 Å². The van der Waals surface area contributed by atoms with Crippen LogP contribution in [0.2, 0.25) is 10.0 Å². The third kappa shape index (κ3) is 4.71. The number of carbonyl (C=O) groups is 1. The monoisotopic (exact) mass is 594 g/mol. The summed E-state index contributed by atoms with van der Waals surface area (Å²) in [6.07, 6.45) is 1.29. The van der Waals surface area contributed by atoms with Crippen LogP contribution in [-0.4, -0.2) is 65.0 Å². The minimum Gasteiger partial charge on any atom is -0.383 e. The number of amides is 1. The summed E-state index contributed by atoms with van der Waals surface area (Å²) >= 11 is 14.3. The molecule has 1 fully saturated rings. The molecule has 5 rings (SSSR count). The Kier molecular flexibility index (Phi) is 7.67. The fraction of sp³-hybridized carbons (Fsp3) is 0.370. The number of halogens is 4. The summed E-state index contributed by atoms with van der Waals surface area (Å²) in [4.78, 5) is 34.8. The van der Waals surface area contributed by atoms with E-state index in [1.165, 1.54) is 23.9 Å². The van der Waals surface area contributed by atoms with Crippen molar-refractivity contribution in [1.82, 2.24) is 14.5 Å². The van der Waals surface area contributed by atoms with E-state index in [0.717, 1.165) is 6.07 Å². The highest BCUT2D eigenvalue weighted by atomic mass is 35.5. The van der Waals surface area contributed by atoms with E-state index in [-0.39, 0.29) is 46.2 Å². The van der Waals surface area contributed by atoms with E-state index in [1.807, 2.05) is 18.7 Å². The lowest BCUT2D eigenvalue weighted by Gasteiger charge is -2.45. The zero-order valence-corrected chi connectivity index (χ0v) is 23.8. The Morgan fingerprint density at radius 1 is 1.18 bits per heavy atom. The average Bonchev–Trinajstić information content (AvgIpc) is 2.90. The summed E-state index contributed by atoms with van der Waals surface area (Å²) in [5, 5.41) is 0.587. The average molecular weight is 595 g/mol. The topological polar surface area (TPSA) is 67.7 Å². The molecule has 2 aliphatic heterocycles. The van der Waals surface area contributed by atoms with Crippen molar-refractivity contribution in [2.45, 2.75) is 36.9 Å². The maximum atomic E-state index is 15.1. The number of benzene rings is 2. The Hall–Kier alpha value is -2.66. The molecular formula is C27H26Cl2F2N4O3S. The van der Waals surface area contributed by atoms with Gasteiger partial charge in [-0.2, -0.15) is 4.98 Å². The van der Waals surface area contributed by atoms with Gasteiger partial charge in [-0.3, -0.25) is 9.36 Å². The van der Waals surface area contributed by atoms with Crippen molar-refractivity contribution in [2.24, 2.45) is 0 Å². The van der Waals surface area contributed by atoms with E-state index in [9.17, 15) is 14.0 Å². The van der Waals surface area contributed by atoms with E-state index in [2.05, 4.69) is 11.6 Å². The molecule has 7 nitrogen and oxygen atoms in total. The van der Waals surface area contributed by atoms with Crippen molar-refractivity contribution in [1.29, 1.82) is 0 Å². The molecule has 0 saturated carbocycles. The summed E-state index contributed by atoms with van der Waals surface area (Å²) in [6, 6.07) is 2.94.